The highest BCUT2D eigenvalue weighted by atomic mass is 127. The van der Waals surface area contributed by atoms with Crippen molar-refractivity contribution in [2.45, 2.75) is 18.6 Å². The van der Waals surface area contributed by atoms with Crippen molar-refractivity contribution in [2.75, 3.05) is 34.2 Å². The normalized spacial score (nSPS) is 13.4. The van der Waals surface area contributed by atoms with Crippen molar-refractivity contribution in [1.29, 1.82) is 0 Å². The largest absolute Gasteiger partial charge is 0.434 e. The predicted octanol–water partition coefficient (Wildman–Crippen LogP) is 2.52. The number of nitrogens with zero attached hydrogens (tertiary/aromatic N) is 5. The quantitative estimate of drug-likeness (QED) is 0.327. The van der Waals surface area contributed by atoms with Gasteiger partial charge in [0.05, 0.1) is 17.2 Å². The van der Waals surface area contributed by atoms with Gasteiger partial charge in [-0.15, -0.1) is 35.3 Å². The fourth-order valence-electron chi connectivity index (χ4n) is 2.47. The number of thiazole rings is 1. The summed E-state index contributed by atoms with van der Waals surface area (Å²) in [6.45, 7) is 1.04. The van der Waals surface area contributed by atoms with Crippen molar-refractivity contribution >= 4 is 41.3 Å². The molecule has 1 atom stereocenters. The van der Waals surface area contributed by atoms with Crippen LogP contribution in [0, 0.1) is 0 Å². The molecule has 0 aliphatic carbocycles. The molecule has 0 fully saturated rings. The molecule has 2 heterocycles. The second kappa shape index (κ2) is 11.0. The molecule has 158 valence electrons. The summed E-state index contributed by atoms with van der Waals surface area (Å²) in [5.74, 6) is 0.582. The molecule has 2 aromatic rings. The molecule has 2 N–H and O–H groups in total. The molecule has 0 aliphatic heterocycles. The zero-order valence-electron chi connectivity index (χ0n) is 16.1. The summed E-state index contributed by atoms with van der Waals surface area (Å²) in [5, 5.41) is 12.0. The zero-order chi connectivity index (χ0) is 20.0. The summed E-state index contributed by atoms with van der Waals surface area (Å²) in [7, 11) is 7.48. The van der Waals surface area contributed by atoms with Crippen LogP contribution in [0.3, 0.4) is 0 Å². The molecule has 28 heavy (non-hydrogen) atoms. The lowest BCUT2D eigenvalue weighted by molar-refractivity contribution is -0.140. The van der Waals surface area contributed by atoms with Gasteiger partial charge in [-0.2, -0.15) is 18.3 Å². The van der Waals surface area contributed by atoms with Gasteiger partial charge in [0.2, 0.25) is 0 Å². The zero-order valence-corrected chi connectivity index (χ0v) is 19.3. The molecule has 7 nitrogen and oxygen atoms in total. The average Bonchev–Trinajstić information content (AvgIpc) is 3.22. The third-order valence-corrected chi connectivity index (χ3v) is 4.80. The Morgan fingerprint density at radius 1 is 1.36 bits per heavy atom. The number of alkyl halides is 3. The van der Waals surface area contributed by atoms with Crippen LogP contribution < -0.4 is 10.6 Å². The van der Waals surface area contributed by atoms with Gasteiger partial charge in [0.1, 0.15) is 0 Å². The highest BCUT2D eigenvalue weighted by Crippen LogP contribution is 2.30. The van der Waals surface area contributed by atoms with E-state index in [2.05, 4.69) is 30.6 Å². The van der Waals surface area contributed by atoms with Crippen LogP contribution in [0.25, 0.3) is 0 Å². The minimum Gasteiger partial charge on any atom is -0.356 e. The molecule has 0 aromatic carbocycles. The monoisotopic (exact) mass is 531 g/mol. The van der Waals surface area contributed by atoms with Gasteiger partial charge in [-0.1, -0.05) is 0 Å². The molecule has 0 bridgehead atoms. The number of likely N-dealkylation sites (N-methyl/N-ethyl adjacent to an activating group) is 1. The summed E-state index contributed by atoms with van der Waals surface area (Å²) in [6, 6.07) is 0.102. The summed E-state index contributed by atoms with van der Waals surface area (Å²) in [6.07, 6.45) is -0.221. The number of hydrogen-bond acceptors (Lipinski definition) is 5. The SMILES string of the molecule is CN=C(NCCc1nc(C(F)(F)F)cs1)NCC(c1cnn(C)c1)N(C)C.I. The molecule has 0 radical (unpaired) electrons. The van der Waals surface area contributed by atoms with Gasteiger partial charge in [0.15, 0.2) is 11.7 Å². The number of guanidine groups is 1. The summed E-state index contributed by atoms with van der Waals surface area (Å²) >= 11 is 1.01. The number of nitrogens with one attached hydrogen (secondary N) is 2. The Labute approximate surface area is 183 Å². The van der Waals surface area contributed by atoms with E-state index < -0.39 is 11.9 Å². The van der Waals surface area contributed by atoms with Gasteiger partial charge < -0.3 is 15.5 Å². The maximum Gasteiger partial charge on any atom is 0.434 e. The molecule has 12 heteroatoms. The maximum absolute atomic E-state index is 12.6. The van der Waals surface area contributed by atoms with Gasteiger partial charge in [0.25, 0.3) is 0 Å². The van der Waals surface area contributed by atoms with Crippen LogP contribution in [-0.4, -0.2) is 59.9 Å². The lowest BCUT2D eigenvalue weighted by Gasteiger charge is -2.24. The van der Waals surface area contributed by atoms with Crippen molar-refractivity contribution in [2.24, 2.45) is 12.0 Å². The summed E-state index contributed by atoms with van der Waals surface area (Å²) in [5.41, 5.74) is 0.239. The molecule has 1 unspecified atom stereocenters. The number of aryl methyl sites for hydroxylation is 1. The van der Waals surface area contributed by atoms with E-state index in [0.717, 1.165) is 22.3 Å². The Hall–Kier alpha value is -1.41. The first-order chi connectivity index (χ1) is 12.7. The third kappa shape index (κ3) is 7.20. The van der Waals surface area contributed by atoms with Crippen molar-refractivity contribution < 1.29 is 13.2 Å². The number of halogens is 4. The second-order valence-electron chi connectivity index (χ2n) is 6.18. The molecule has 0 saturated heterocycles. The minimum atomic E-state index is -4.40. The van der Waals surface area contributed by atoms with E-state index in [9.17, 15) is 13.2 Å². The van der Waals surface area contributed by atoms with Gasteiger partial charge in [-0.25, -0.2) is 4.98 Å². The first-order valence-electron chi connectivity index (χ1n) is 8.31. The fourth-order valence-corrected chi connectivity index (χ4v) is 3.27. The van der Waals surface area contributed by atoms with Gasteiger partial charge in [-0.05, 0) is 14.1 Å². The maximum atomic E-state index is 12.6. The molecule has 0 saturated carbocycles. The van der Waals surface area contributed by atoms with E-state index in [1.165, 1.54) is 0 Å². The van der Waals surface area contributed by atoms with Gasteiger partial charge in [-0.3, -0.25) is 9.67 Å². The van der Waals surface area contributed by atoms with Crippen LogP contribution in [0.4, 0.5) is 13.2 Å². The molecular formula is C16H25F3IN7S. The lowest BCUT2D eigenvalue weighted by atomic mass is 10.1. The van der Waals surface area contributed by atoms with Crippen molar-refractivity contribution in [3.05, 3.63) is 34.0 Å². The summed E-state index contributed by atoms with van der Waals surface area (Å²) in [4.78, 5) is 9.85. The van der Waals surface area contributed by atoms with Crippen LogP contribution in [-0.2, 0) is 19.6 Å². The first kappa shape index (κ1) is 24.6. The molecule has 2 rings (SSSR count). The van der Waals surface area contributed by atoms with Gasteiger partial charge >= 0.3 is 6.18 Å². The second-order valence-corrected chi connectivity index (χ2v) is 7.12. The number of aromatic nitrogens is 3. The predicted molar refractivity (Wildman–Crippen MR) is 115 cm³/mol. The Morgan fingerprint density at radius 2 is 2.07 bits per heavy atom. The molecule has 0 spiro atoms. The minimum absolute atomic E-state index is 0. The average molecular weight is 531 g/mol. The van der Waals surface area contributed by atoms with E-state index >= 15 is 0 Å². The fraction of sp³-hybridized carbons (Fsp3) is 0.562. The van der Waals surface area contributed by atoms with Crippen LogP contribution in [0.1, 0.15) is 22.3 Å². The standard InChI is InChI=1S/C16H24F3N7S.HI/c1-20-15(21-6-5-14-24-13(10-27-14)16(17,18)19)22-8-12(25(2)3)11-7-23-26(4)9-11;/h7,9-10,12H,5-6,8H2,1-4H3,(H2,20,21,22);1H. The van der Waals surface area contributed by atoms with E-state index in [0.29, 0.717) is 30.5 Å². The Balaban J connectivity index is 0.00000392. The number of hydrogen-bond donors (Lipinski definition) is 2. The highest BCUT2D eigenvalue weighted by Gasteiger charge is 2.33. The molecule has 0 amide bonds. The van der Waals surface area contributed by atoms with Crippen molar-refractivity contribution in [3.63, 3.8) is 0 Å². The van der Waals surface area contributed by atoms with Crippen LogP contribution in [0.2, 0.25) is 0 Å². The third-order valence-electron chi connectivity index (χ3n) is 3.89. The Bertz CT molecular complexity index is 758. The lowest BCUT2D eigenvalue weighted by Crippen LogP contribution is -2.42. The van der Waals surface area contributed by atoms with Gasteiger partial charge in [0, 0.05) is 50.7 Å². The van der Waals surface area contributed by atoms with E-state index in [4.69, 9.17) is 0 Å². The highest BCUT2D eigenvalue weighted by molar-refractivity contribution is 14.0. The summed E-state index contributed by atoms with van der Waals surface area (Å²) < 4.78 is 39.5. The first-order valence-corrected chi connectivity index (χ1v) is 9.19. The van der Waals surface area contributed by atoms with E-state index in [-0.39, 0.29) is 30.0 Å². The Kier molecular flexibility index (Phi) is 9.63. The van der Waals surface area contributed by atoms with Crippen molar-refractivity contribution in [1.82, 2.24) is 30.3 Å². The van der Waals surface area contributed by atoms with Crippen molar-refractivity contribution in [3.8, 4) is 0 Å². The van der Waals surface area contributed by atoms with Crippen LogP contribution >= 0.6 is 35.3 Å². The van der Waals surface area contributed by atoms with E-state index in [1.807, 2.05) is 33.5 Å². The number of aliphatic imine (C=N–C) groups is 1. The Morgan fingerprint density at radius 3 is 2.57 bits per heavy atom. The van der Waals surface area contributed by atoms with E-state index in [1.54, 1.807) is 11.7 Å². The molecule has 2 aromatic heterocycles. The molecular weight excluding hydrogens is 506 g/mol. The van der Waals surface area contributed by atoms with Crippen LogP contribution in [0.5, 0.6) is 0 Å². The smallest absolute Gasteiger partial charge is 0.356 e. The number of rotatable bonds is 7. The molecule has 0 aliphatic rings. The topological polar surface area (TPSA) is 70.4 Å². The van der Waals surface area contributed by atoms with Crippen LogP contribution in [0.15, 0.2) is 22.8 Å².